The van der Waals surface area contributed by atoms with E-state index in [1.165, 1.54) is 4.68 Å². The number of nitrogens with one attached hydrogen (secondary N) is 2. The number of benzene rings is 1. The van der Waals surface area contributed by atoms with E-state index in [-0.39, 0.29) is 17.3 Å². The van der Waals surface area contributed by atoms with Crippen LogP contribution in [0, 0.1) is 13.8 Å². The van der Waals surface area contributed by atoms with Crippen LogP contribution >= 0.6 is 0 Å². The van der Waals surface area contributed by atoms with Gasteiger partial charge in [-0.05, 0) is 44.9 Å². The van der Waals surface area contributed by atoms with Gasteiger partial charge in [0.05, 0.1) is 17.9 Å². The molecule has 0 amide bonds. The fourth-order valence-electron chi connectivity index (χ4n) is 3.86. The predicted octanol–water partition coefficient (Wildman–Crippen LogP) is 1.34. The normalized spacial score (nSPS) is 20.8. The van der Waals surface area contributed by atoms with Crippen LogP contribution in [0.5, 0.6) is 0 Å². The number of carbonyl (C=O) groups is 1. The van der Waals surface area contributed by atoms with Crippen molar-refractivity contribution in [1.82, 2.24) is 19.4 Å². The lowest BCUT2D eigenvalue weighted by Crippen LogP contribution is -2.62. The van der Waals surface area contributed by atoms with Crippen LogP contribution in [-0.4, -0.2) is 54.3 Å². The molecule has 1 aromatic heterocycles. The number of hydrogen-bond acceptors (Lipinski definition) is 6. The van der Waals surface area contributed by atoms with Crippen LogP contribution in [0.2, 0.25) is 0 Å². The molecule has 1 fully saturated rings. The summed E-state index contributed by atoms with van der Waals surface area (Å²) >= 11 is 0. The molecule has 8 nitrogen and oxygen atoms in total. The van der Waals surface area contributed by atoms with Gasteiger partial charge in [-0.1, -0.05) is 12.1 Å². The second-order valence-corrected chi connectivity index (χ2v) is 8.97. The molecule has 27 heavy (non-hydrogen) atoms. The molecule has 2 aliphatic heterocycles. The fraction of sp³-hybridized carbons (Fsp3) is 0.444. The van der Waals surface area contributed by atoms with Gasteiger partial charge in [-0.25, -0.2) is 13.1 Å². The summed E-state index contributed by atoms with van der Waals surface area (Å²) in [4.78, 5) is 14.8. The lowest BCUT2D eigenvalue weighted by Gasteiger charge is -2.45. The molecule has 144 valence electrons. The quantitative estimate of drug-likeness (QED) is 0.805. The molecule has 0 radical (unpaired) electrons. The van der Waals surface area contributed by atoms with Crippen molar-refractivity contribution in [2.75, 3.05) is 25.0 Å². The van der Waals surface area contributed by atoms with Gasteiger partial charge in [-0.2, -0.15) is 9.82 Å². The SMILES string of the molecule is Cc1cc(C)n(C(=O)CN2CCC3(CC2)Nc2ccccc2S(=O)(=O)N3)n1. The molecular formula is C18H23N5O3S. The van der Waals surface area contributed by atoms with Crippen LogP contribution < -0.4 is 10.0 Å². The van der Waals surface area contributed by atoms with E-state index in [0.29, 0.717) is 31.6 Å². The van der Waals surface area contributed by atoms with Crippen LogP contribution in [-0.2, 0) is 10.0 Å². The van der Waals surface area contributed by atoms with Crippen LogP contribution in [0.1, 0.15) is 29.0 Å². The molecule has 0 aliphatic carbocycles. The van der Waals surface area contributed by atoms with E-state index in [1.807, 2.05) is 30.9 Å². The van der Waals surface area contributed by atoms with E-state index in [0.717, 1.165) is 11.4 Å². The summed E-state index contributed by atoms with van der Waals surface area (Å²) in [5.41, 5.74) is 1.57. The number of aryl methyl sites for hydroxylation is 2. The minimum absolute atomic E-state index is 0.0703. The number of fused-ring (bicyclic) bond motifs is 1. The first kappa shape index (κ1) is 18.1. The number of nitrogens with zero attached hydrogens (tertiary/aromatic N) is 3. The molecule has 1 aromatic carbocycles. The lowest BCUT2D eigenvalue weighted by atomic mass is 9.97. The summed E-state index contributed by atoms with van der Waals surface area (Å²) in [6.45, 7) is 5.22. The Hall–Kier alpha value is -2.23. The Kier molecular flexibility index (Phi) is 4.32. The molecule has 2 N–H and O–H groups in total. The third-order valence-corrected chi connectivity index (χ3v) is 6.79. The van der Waals surface area contributed by atoms with Crippen molar-refractivity contribution >= 4 is 21.6 Å². The van der Waals surface area contributed by atoms with Crippen LogP contribution in [0.4, 0.5) is 5.69 Å². The van der Waals surface area contributed by atoms with Crippen LogP contribution in [0.15, 0.2) is 35.2 Å². The van der Waals surface area contributed by atoms with E-state index >= 15 is 0 Å². The largest absolute Gasteiger partial charge is 0.365 e. The van der Waals surface area contributed by atoms with E-state index < -0.39 is 15.7 Å². The number of likely N-dealkylation sites (tertiary alicyclic amines) is 1. The minimum atomic E-state index is -3.55. The summed E-state index contributed by atoms with van der Waals surface area (Å²) in [5.74, 6) is -0.0703. The zero-order valence-corrected chi connectivity index (χ0v) is 16.2. The van der Waals surface area contributed by atoms with Crippen LogP contribution in [0.25, 0.3) is 0 Å². The smallest absolute Gasteiger partial charge is 0.261 e. The number of rotatable bonds is 2. The summed E-state index contributed by atoms with van der Waals surface area (Å²) in [7, 11) is -3.55. The highest BCUT2D eigenvalue weighted by molar-refractivity contribution is 7.89. The van der Waals surface area contributed by atoms with Crippen molar-refractivity contribution in [1.29, 1.82) is 0 Å². The second-order valence-electron chi connectivity index (χ2n) is 7.32. The number of aromatic nitrogens is 2. The third-order valence-electron chi connectivity index (χ3n) is 5.19. The van der Waals surface area contributed by atoms with E-state index in [2.05, 4.69) is 15.1 Å². The maximum Gasteiger partial charge on any atom is 0.261 e. The topological polar surface area (TPSA) is 96.3 Å². The Morgan fingerprint density at radius 1 is 1.22 bits per heavy atom. The molecule has 1 spiro atoms. The van der Waals surface area contributed by atoms with Crippen molar-refractivity contribution < 1.29 is 13.2 Å². The van der Waals surface area contributed by atoms with Crippen molar-refractivity contribution in [3.8, 4) is 0 Å². The monoisotopic (exact) mass is 389 g/mol. The van der Waals surface area contributed by atoms with Gasteiger partial charge in [0.2, 0.25) is 10.0 Å². The highest BCUT2D eigenvalue weighted by Gasteiger charge is 2.43. The van der Waals surface area contributed by atoms with Gasteiger partial charge in [-0.15, -0.1) is 0 Å². The second kappa shape index (κ2) is 6.43. The lowest BCUT2D eigenvalue weighted by molar-refractivity contribution is 0.0783. The molecule has 1 saturated heterocycles. The highest BCUT2D eigenvalue weighted by atomic mass is 32.2. The Morgan fingerprint density at radius 3 is 2.59 bits per heavy atom. The number of sulfonamides is 1. The van der Waals surface area contributed by atoms with Gasteiger partial charge >= 0.3 is 0 Å². The Balaban J connectivity index is 1.45. The molecule has 3 heterocycles. The molecule has 4 rings (SSSR count). The first-order valence-corrected chi connectivity index (χ1v) is 10.5. The van der Waals surface area contributed by atoms with Gasteiger partial charge in [0.1, 0.15) is 10.6 Å². The molecular weight excluding hydrogens is 366 g/mol. The van der Waals surface area contributed by atoms with E-state index in [4.69, 9.17) is 0 Å². The van der Waals surface area contributed by atoms with E-state index in [1.54, 1.807) is 18.2 Å². The molecule has 0 saturated carbocycles. The average molecular weight is 389 g/mol. The zero-order chi connectivity index (χ0) is 19.2. The molecule has 0 atom stereocenters. The van der Waals surface area contributed by atoms with Gasteiger partial charge in [0.25, 0.3) is 5.91 Å². The van der Waals surface area contributed by atoms with Gasteiger partial charge in [-0.3, -0.25) is 9.69 Å². The molecule has 9 heteroatoms. The summed E-state index contributed by atoms with van der Waals surface area (Å²) < 4.78 is 29.5. The van der Waals surface area contributed by atoms with Crippen molar-refractivity contribution in [3.05, 3.63) is 41.7 Å². The predicted molar refractivity (Wildman–Crippen MR) is 101 cm³/mol. The fourth-order valence-corrected chi connectivity index (χ4v) is 5.41. The Bertz CT molecular complexity index is 990. The minimum Gasteiger partial charge on any atom is -0.365 e. The maximum atomic E-state index is 12.6. The van der Waals surface area contributed by atoms with E-state index in [9.17, 15) is 13.2 Å². The first-order valence-electron chi connectivity index (χ1n) is 8.98. The average Bonchev–Trinajstić information content (AvgIpc) is 2.95. The van der Waals surface area contributed by atoms with Crippen molar-refractivity contribution in [2.24, 2.45) is 0 Å². The molecule has 0 unspecified atom stereocenters. The molecule has 2 aliphatic rings. The number of hydrogen-bond donors (Lipinski definition) is 2. The highest BCUT2D eigenvalue weighted by Crippen LogP contribution is 2.34. The summed E-state index contributed by atoms with van der Waals surface area (Å²) in [6.07, 6.45) is 1.15. The Labute approximate surface area is 158 Å². The number of anilines is 1. The van der Waals surface area contributed by atoms with Gasteiger partial charge < -0.3 is 5.32 Å². The Morgan fingerprint density at radius 2 is 1.93 bits per heavy atom. The number of para-hydroxylation sites is 1. The summed E-state index contributed by atoms with van der Waals surface area (Å²) in [6, 6.07) is 8.79. The van der Waals surface area contributed by atoms with Crippen LogP contribution in [0.3, 0.4) is 0 Å². The summed E-state index contributed by atoms with van der Waals surface area (Å²) in [5, 5.41) is 7.61. The number of piperidine rings is 1. The third kappa shape index (κ3) is 3.38. The maximum absolute atomic E-state index is 12.6. The standard InChI is InChI=1S/C18H23N5O3S/c1-13-11-14(2)23(20-13)17(24)12-22-9-7-18(8-10-22)19-15-5-3-4-6-16(15)27(25,26)21-18/h3-6,11,19,21H,7-10,12H2,1-2H3. The zero-order valence-electron chi connectivity index (χ0n) is 15.4. The molecule has 2 aromatic rings. The number of carbonyl (C=O) groups excluding carboxylic acids is 1. The van der Waals surface area contributed by atoms with Crippen molar-refractivity contribution in [3.63, 3.8) is 0 Å². The van der Waals surface area contributed by atoms with Gasteiger partial charge in [0.15, 0.2) is 0 Å². The first-order chi connectivity index (χ1) is 12.8. The molecule has 0 bridgehead atoms. The van der Waals surface area contributed by atoms with Gasteiger partial charge in [0, 0.05) is 18.8 Å². The van der Waals surface area contributed by atoms with Crippen molar-refractivity contribution in [2.45, 2.75) is 37.2 Å².